The SMILES string of the molecule is Clc1cc(Cl)c2c(c1)C1(c3cc(-c4ccccc4)ccc3-2)C2CC3CC(C2)CC1C3. The molecule has 4 saturated carbocycles. The molecule has 4 fully saturated rings. The van der Waals surface area contributed by atoms with Crippen molar-refractivity contribution in [2.75, 3.05) is 0 Å². The number of halogens is 2. The maximum atomic E-state index is 6.87. The molecule has 0 aromatic heterocycles. The molecule has 0 aliphatic heterocycles. The summed E-state index contributed by atoms with van der Waals surface area (Å²) < 4.78 is 0. The van der Waals surface area contributed by atoms with Crippen molar-refractivity contribution in [3.8, 4) is 22.3 Å². The maximum Gasteiger partial charge on any atom is 0.0502 e. The van der Waals surface area contributed by atoms with Crippen LogP contribution in [0.2, 0.25) is 10.0 Å². The fraction of sp³-hybridized carbons (Fsp3) is 0.357. The lowest BCUT2D eigenvalue weighted by molar-refractivity contribution is -0.0399. The van der Waals surface area contributed by atoms with Gasteiger partial charge in [0.15, 0.2) is 0 Å². The monoisotopic (exact) mass is 430 g/mol. The van der Waals surface area contributed by atoms with Crippen LogP contribution in [0.25, 0.3) is 22.3 Å². The highest BCUT2D eigenvalue weighted by Gasteiger charge is 2.61. The second-order valence-corrected chi connectivity index (χ2v) is 11.0. The van der Waals surface area contributed by atoms with Gasteiger partial charge in [0, 0.05) is 16.0 Å². The average Bonchev–Trinajstić information content (AvgIpc) is 3.02. The third-order valence-corrected chi connectivity index (χ3v) is 9.28. The molecule has 4 bridgehead atoms. The molecule has 1 spiro atoms. The Kier molecular flexibility index (Phi) is 3.66. The van der Waals surface area contributed by atoms with Gasteiger partial charge in [0.05, 0.1) is 5.02 Å². The maximum absolute atomic E-state index is 6.87. The lowest BCUT2D eigenvalue weighted by Crippen LogP contribution is -2.55. The van der Waals surface area contributed by atoms with Crippen molar-refractivity contribution in [1.82, 2.24) is 0 Å². The number of hydrogen-bond donors (Lipinski definition) is 0. The molecule has 30 heavy (non-hydrogen) atoms. The smallest absolute Gasteiger partial charge is 0.0502 e. The number of fused-ring (bicyclic) bond motifs is 3. The molecule has 5 aliphatic carbocycles. The van der Waals surface area contributed by atoms with Crippen molar-refractivity contribution in [1.29, 1.82) is 0 Å². The van der Waals surface area contributed by atoms with Gasteiger partial charge in [-0.25, -0.2) is 0 Å². The van der Waals surface area contributed by atoms with E-state index in [4.69, 9.17) is 23.2 Å². The first-order valence-corrected chi connectivity index (χ1v) is 12.1. The standard InChI is InChI=1S/C28H24Cl2/c29-22-14-25-27(26(30)15-22)23-7-6-19(18-4-2-1-3-5-18)13-24(23)28(25)20-9-16-8-17(11-20)12-21(28)10-16/h1-7,13-17,20-21H,8-12H2. The van der Waals surface area contributed by atoms with Crippen LogP contribution in [-0.4, -0.2) is 0 Å². The van der Waals surface area contributed by atoms with Crippen LogP contribution in [0.15, 0.2) is 60.7 Å². The minimum Gasteiger partial charge on any atom is -0.0843 e. The molecule has 3 aromatic carbocycles. The van der Waals surface area contributed by atoms with Gasteiger partial charge in [0.2, 0.25) is 0 Å². The zero-order valence-corrected chi connectivity index (χ0v) is 18.4. The fourth-order valence-corrected chi connectivity index (χ4v) is 8.64. The van der Waals surface area contributed by atoms with Crippen LogP contribution in [0.3, 0.4) is 0 Å². The van der Waals surface area contributed by atoms with E-state index in [1.165, 1.54) is 65.5 Å². The molecule has 0 N–H and O–H groups in total. The number of rotatable bonds is 1. The summed E-state index contributed by atoms with van der Waals surface area (Å²) in [5.74, 6) is 3.29. The number of hydrogen-bond acceptors (Lipinski definition) is 0. The lowest BCUT2D eigenvalue weighted by atomic mass is 9.43. The molecule has 5 aliphatic rings. The molecule has 0 atom stereocenters. The van der Waals surface area contributed by atoms with Gasteiger partial charge in [0.1, 0.15) is 0 Å². The van der Waals surface area contributed by atoms with Gasteiger partial charge in [-0.1, -0.05) is 65.7 Å². The summed E-state index contributed by atoms with van der Waals surface area (Å²) in [7, 11) is 0. The molecule has 3 aromatic rings. The Morgan fingerprint density at radius 2 is 1.37 bits per heavy atom. The van der Waals surface area contributed by atoms with Crippen molar-refractivity contribution >= 4 is 23.2 Å². The molecule has 150 valence electrons. The van der Waals surface area contributed by atoms with E-state index >= 15 is 0 Å². The van der Waals surface area contributed by atoms with Crippen LogP contribution in [0.1, 0.15) is 43.2 Å². The third kappa shape index (κ3) is 2.20. The van der Waals surface area contributed by atoms with E-state index in [0.29, 0.717) is 11.8 Å². The minimum atomic E-state index is 0.0947. The second-order valence-electron chi connectivity index (χ2n) is 10.1. The predicted molar refractivity (Wildman–Crippen MR) is 125 cm³/mol. The predicted octanol–water partition coefficient (Wildman–Crippen LogP) is 8.38. The first-order chi connectivity index (χ1) is 14.6. The highest BCUT2D eigenvalue weighted by molar-refractivity contribution is 6.37. The summed E-state index contributed by atoms with van der Waals surface area (Å²) in [6.07, 6.45) is 6.93. The molecule has 0 saturated heterocycles. The first-order valence-electron chi connectivity index (χ1n) is 11.3. The second kappa shape index (κ2) is 6.15. The molecular weight excluding hydrogens is 407 g/mol. The Labute approximate surface area is 188 Å². The average molecular weight is 431 g/mol. The van der Waals surface area contributed by atoms with Crippen molar-refractivity contribution < 1.29 is 0 Å². The summed E-state index contributed by atoms with van der Waals surface area (Å²) in [5, 5.41) is 1.60. The topological polar surface area (TPSA) is 0 Å². The van der Waals surface area contributed by atoms with E-state index in [-0.39, 0.29) is 5.41 Å². The van der Waals surface area contributed by atoms with Crippen molar-refractivity contribution in [3.63, 3.8) is 0 Å². The Morgan fingerprint density at radius 1 is 0.667 bits per heavy atom. The van der Waals surface area contributed by atoms with Crippen LogP contribution >= 0.6 is 23.2 Å². The summed E-state index contributed by atoms with van der Waals surface area (Å²) >= 11 is 13.5. The van der Waals surface area contributed by atoms with E-state index in [1.807, 2.05) is 6.07 Å². The van der Waals surface area contributed by atoms with E-state index in [0.717, 1.165) is 21.9 Å². The molecular formula is C28H24Cl2. The van der Waals surface area contributed by atoms with Crippen LogP contribution < -0.4 is 0 Å². The molecule has 0 nitrogen and oxygen atoms in total. The van der Waals surface area contributed by atoms with Gasteiger partial charge < -0.3 is 0 Å². The van der Waals surface area contributed by atoms with Gasteiger partial charge in [0.25, 0.3) is 0 Å². The summed E-state index contributed by atoms with van der Waals surface area (Å²) in [4.78, 5) is 0. The molecule has 8 rings (SSSR count). The third-order valence-electron chi connectivity index (χ3n) is 8.77. The summed E-state index contributed by atoms with van der Waals surface area (Å²) in [6.45, 7) is 0. The molecule has 0 amide bonds. The largest absolute Gasteiger partial charge is 0.0843 e. The van der Waals surface area contributed by atoms with E-state index in [1.54, 1.807) is 0 Å². The Hall–Kier alpha value is -1.76. The molecule has 0 unspecified atom stereocenters. The van der Waals surface area contributed by atoms with Crippen LogP contribution in [-0.2, 0) is 5.41 Å². The van der Waals surface area contributed by atoms with Crippen molar-refractivity contribution in [2.24, 2.45) is 23.7 Å². The van der Waals surface area contributed by atoms with Gasteiger partial charge in [-0.05, 0) is 102 Å². The summed E-state index contributed by atoms with van der Waals surface area (Å²) in [6, 6.07) is 22.1. The van der Waals surface area contributed by atoms with Crippen molar-refractivity contribution in [2.45, 2.75) is 37.5 Å². The van der Waals surface area contributed by atoms with Gasteiger partial charge in [-0.3, -0.25) is 0 Å². The van der Waals surface area contributed by atoms with E-state index < -0.39 is 0 Å². The van der Waals surface area contributed by atoms with Crippen molar-refractivity contribution in [3.05, 3.63) is 81.8 Å². The number of benzene rings is 3. The molecule has 0 radical (unpaired) electrons. The van der Waals surface area contributed by atoms with Gasteiger partial charge in [-0.15, -0.1) is 0 Å². The zero-order chi connectivity index (χ0) is 20.0. The molecule has 0 heterocycles. The van der Waals surface area contributed by atoms with E-state index in [2.05, 4.69) is 54.6 Å². The molecule has 2 heteroatoms. The zero-order valence-electron chi connectivity index (χ0n) is 16.9. The highest BCUT2D eigenvalue weighted by Crippen LogP contribution is 2.70. The van der Waals surface area contributed by atoms with Gasteiger partial charge >= 0.3 is 0 Å². The minimum absolute atomic E-state index is 0.0947. The van der Waals surface area contributed by atoms with Crippen LogP contribution in [0, 0.1) is 23.7 Å². The fourth-order valence-electron chi connectivity index (χ4n) is 8.04. The van der Waals surface area contributed by atoms with Gasteiger partial charge in [-0.2, -0.15) is 0 Å². The quantitative estimate of drug-likeness (QED) is 0.363. The summed E-state index contributed by atoms with van der Waals surface area (Å²) in [5.41, 5.74) is 8.25. The van der Waals surface area contributed by atoms with E-state index in [9.17, 15) is 0 Å². The normalized spacial score (nSPS) is 32.5. The lowest BCUT2D eigenvalue weighted by Gasteiger charge is -2.61. The van der Waals surface area contributed by atoms with Crippen LogP contribution in [0.5, 0.6) is 0 Å². The first kappa shape index (κ1) is 17.9. The Balaban J connectivity index is 1.53. The Bertz CT molecular complexity index is 1150. The van der Waals surface area contributed by atoms with Crippen LogP contribution in [0.4, 0.5) is 0 Å². The Morgan fingerprint density at radius 3 is 2.07 bits per heavy atom. The highest BCUT2D eigenvalue weighted by atomic mass is 35.5.